The lowest BCUT2D eigenvalue weighted by atomic mass is 10.2. The molecule has 1 atom stereocenters. The summed E-state index contributed by atoms with van der Waals surface area (Å²) in [6, 6.07) is 12.7. The molecule has 0 radical (unpaired) electrons. The van der Waals surface area contributed by atoms with Gasteiger partial charge in [-0.3, -0.25) is 0 Å². The summed E-state index contributed by atoms with van der Waals surface area (Å²) in [7, 11) is 0. The van der Waals surface area contributed by atoms with Crippen molar-refractivity contribution in [2.75, 3.05) is 18.5 Å². The maximum atomic E-state index is 9.90. The highest BCUT2D eigenvalue weighted by molar-refractivity contribution is 6.31. The van der Waals surface area contributed by atoms with Gasteiger partial charge in [0.05, 0.1) is 0 Å². The predicted octanol–water partition coefficient (Wildman–Crippen LogP) is 4.15. The third kappa shape index (κ3) is 5.12. The summed E-state index contributed by atoms with van der Waals surface area (Å²) < 4.78 is 5.48. The summed E-state index contributed by atoms with van der Waals surface area (Å²) in [4.78, 5) is 0. The second-order valence-electron chi connectivity index (χ2n) is 4.76. The number of anilines is 1. The van der Waals surface area contributed by atoms with E-state index in [1.165, 1.54) is 0 Å². The molecule has 0 fully saturated rings. The first-order chi connectivity index (χ1) is 10.0. The average Bonchev–Trinajstić information content (AvgIpc) is 2.48. The number of aliphatic hydroxyl groups is 1. The van der Waals surface area contributed by atoms with E-state index in [2.05, 4.69) is 5.32 Å². The predicted molar refractivity (Wildman–Crippen MR) is 87.6 cm³/mol. The quantitative estimate of drug-likeness (QED) is 0.838. The van der Waals surface area contributed by atoms with Gasteiger partial charge >= 0.3 is 0 Å². The van der Waals surface area contributed by atoms with Gasteiger partial charge in [0, 0.05) is 22.3 Å². The van der Waals surface area contributed by atoms with Gasteiger partial charge in [0.15, 0.2) is 0 Å². The van der Waals surface area contributed by atoms with Crippen LogP contribution in [0.15, 0.2) is 42.5 Å². The van der Waals surface area contributed by atoms with E-state index in [4.69, 9.17) is 27.9 Å². The van der Waals surface area contributed by atoms with Crippen molar-refractivity contribution in [3.63, 3.8) is 0 Å². The van der Waals surface area contributed by atoms with Gasteiger partial charge < -0.3 is 15.2 Å². The Bertz CT molecular complexity index is 587. The number of hydrogen-bond donors (Lipinski definition) is 2. The van der Waals surface area contributed by atoms with Gasteiger partial charge in [-0.05, 0) is 48.9 Å². The minimum atomic E-state index is -0.624. The van der Waals surface area contributed by atoms with E-state index >= 15 is 0 Å². The summed E-state index contributed by atoms with van der Waals surface area (Å²) in [6.07, 6.45) is -0.624. The average molecular weight is 326 g/mol. The van der Waals surface area contributed by atoms with Crippen LogP contribution < -0.4 is 10.1 Å². The third-order valence-corrected chi connectivity index (χ3v) is 3.63. The molecular weight excluding hydrogens is 309 g/mol. The summed E-state index contributed by atoms with van der Waals surface area (Å²) in [5, 5.41) is 14.4. The van der Waals surface area contributed by atoms with E-state index in [1.807, 2.05) is 25.1 Å². The van der Waals surface area contributed by atoms with Gasteiger partial charge in [-0.25, -0.2) is 0 Å². The van der Waals surface area contributed by atoms with Crippen LogP contribution >= 0.6 is 23.2 Å². The normalized spacial score (nSPS) is 12.0. The van der Waals surface area contributed by atoms with Crippen LogP contribution in [-0.4, -0.2) is 24.4 Å². The second kappa shape index (κ2) is 7.55. The Balaban J connectivity index is 1.77. The van der Waals surface area contributed by atoms with E-state index in [1.54, 1.807) is 24.3 Å². The van der Waals surface area contributed by atoms with Gasteiger partial charge in [0.25, 0.3) is 0 Å². The van der Waals surface area contributed by atoms with Gasteiger partial charge in [-0.2, -0.15) is 0 Å². The molecule has 21 heavy (non-hydrogen) atoms. The molecule has 0 aliphatic rings. The molecule has 0 saturated carbocycles. The third-order valence-electron chi connectivity index (χ3n) is 2.97. The zero-order valence-corrected chi connectivity index (χ0v) is 13.2. The van der Waals surface area contributed by atoms with Crippen LogP contribution in [0.2, 0.25) is 10.0 Å². The molecule has 2 aromatic carbocycles. The maximum absolute atomic E-state index is 9.90. The summed E-state index contributed by atoms with van der Waals surface area (Å²) >= 11 is 11.8. The molecule has 0 amide bonds. The lowest BCUT2D eigenvalue weighted by Gasteiger charge is -2.14. The van der Waals surface area contributed by atoms with E-state index in [0.29, 0.717) is 22.3 Å². The van der Waals surface area contributed by atoms with Crippen LogP contribution in [0.4, 0.5) is 5.69 Å². The Morgan fingerprint density at radius 3 is 2.52 bits per heavy atom. The molecule has 0 bridgehead atoms. The van der Waals surface area contributed by atoms with Crippen molar-refractivity contribution in [3.05, 3.63) is 58.1 Å². The van der Waals surface area contributed by atoms with Crippen molar-refractivity contribution in [3.8, 4) is 5.75 Å². The van der Waals surface area contributed by atoms with Crippen molar-refractivity contribution in [1.82, 2.24) is 0 Å². The van der Waals surface area contributed by atoms with Gasteiger partial charge in [0.2, 0.25) is 0 Å². The number of nitrogens with one attached hydrogen (secondary N) is 1. The van der Waals surface area contributed by atoms with Crippen molar-refractivity contribution >= 4 is 28.9 Å². The lowest BCUT2D eigenvalue weighted by Crippen LogP contribution is -2.26. The number of ether oxygens (including phenoxy) is 1. The number of aliphatic hydroxyl groups excluding tert-OH is 1. The van der Waals surface area contributed by atoms with Crippen LogP contribution in [0.3, 0.4) is 0 Å². The molecule has 2 rings (SSSR count). The molecule has 2 N–H and O–H groups in total. The minimum Gasteiger partial charge on any atom is -0.491 e. The Morgan fingerprint density at radius 1 is 1.14 bits per heavy atom. The second-order valence-corrected chi connectivity index (χ2v) is 5.61. The van der Waals surface area contributed by atoms with E-state index in [0.717, 1.165) is 11.3 Å². The Hall–Kier alpha value is -1.42. The van der Waals surface area contributed by atoms with Crippen LogP contribution in [0.1, 0.15) is 5.56 Å². The monoisotopic (exact) mass is 325 g/mol. The van der Waals surface area contributed by atoms with Gasteiger partial charge in [0.1, 0.15) is 18.5 Å². The van der Waals surface area contributed by atoms with Crippen molar-refractivity contribution in [2.45, 2.75) is 13.0 Å². The smallest absolute Gasteiger partial charge is 0.119 e. The van der Waals surface area contributed by atoms with Gasteiger partial charge in [-0.15, -0.1) is 0 Å². The Morgan fingerprint density at radius 2 is 1.86 bits per heavy atom. The lowest BCUT2D eigenvalue weighted by molar-refractivity contribution is 0.117. The van der Waals surface area contributed by atoms with Gasteiger partial charge in [-0.1, -0.05) is 29.3 Å². The van der Waals surface area contributed by atoms with Crippen LogP contribution in [0.5, 0.6) is 5.75 Å². The molecule has 2 aromatic rings. The van der Waals surface area contributed by atoms with E-state index in [9.17, 15) is 5.11 Å². The first-order valence-corrected chi connectivity index (χ1v) is 7.36. The molecule has 0 aliphatic heterocycles. The van der Waals surface area contributed by atoms with Crippen LogP contribution in [-0.2, 0) is 0 Å². The van der Waals surface area contributed by atoms with E-state index < -0.39 is 6.10 Å². The fraction of sp³-hybridized carbons (Fsp3) is 0.250. The van der Waals surface area contributed by atoms with Crippen LogP contribution in [0, 0.1) is 6.92 Å². The number of rotatable bonds is 6. The molecule has 0 spiro atoms. The molecule has 0 saturated heterocycles. The molecule has 0 aliphatic carbocycles. The number of benzene rings is 2. The Kier molecular flexibility index (Phi) is 5.74. The molecule has 3 nitrogen and oxygen atoms in total. The standard InChI is InChI=1S/C16H17Cl2NO2/c1-11-2-5-13(8-16(11)18)19-9-14(20)10-21-15-6-3-12(17)4-7-15/h2-8,14,19-20H,9-10H2,1H3. The summed E-state index contributed by atoms with van der Waals surface area (Å²) in [6.45, 7) is 2.53. The SMILES string of the molecule is Cc1ccc(NCC(O)COc2ccc(Cl)cc2)cc1Cl. The number of hydrogen-bond acceptors (Lipinski definition) is 3. The highest BCUT2D eigenvalue weighted by atomic mass is 35.5. The van der Waals surface area contributed by atoms with Crippen LogP contribution in [0.25, 0.3) is 0 Å². The van der Waals surface area contributed by atoms with E-state index in [-0.39, 0.29) is 6.61 Å². The fourth-order valence-corrected chi connectivity index (χ4v) is 2.03. The molecule has 112 valence electrons. The highest BCUT2D eigenvalue weighted by Crippen LogP contribution is 2.20. The zero-order chi connectivity index (χ0) is 15.2. The summed E-state index contributed by atoms with van der Waals surface area (Å²) in [5.41, 5.74) is 1.89. The Labute approximate surface area is 134 Å². The molecular formula is C16H17Cl2NO2. The fourth-order valence-electron chi connectivity index (χ4n) is 1.72. The molecule has 0 heterocycles. The number of aryl methyl sites for hydroxylation is 1. The minimum absolute atomic E-state index is 0.203. The van der Waals surface area contributed by atoms with Crippen molar-refractivity contribution in [2.24, 2.45) is 0 Å². The van der Waals surface area contributed by atoms with Crippen molar-refractivity contribution < 1.29 is 9.84 Å². The molecule has 5 heteroatoms. The highest BCUT2D eigenvalue weighted by Gasteiger charge is 2.06. The first-order valence-electron chi connectivity index (χ1n) is 6.61. The molecule has 1 unspecified atom stereocenters. The molecule has 0 aromatic heterocycles. The topological polar surface area (TPSA) is 41.5 Å². The van der Waals surface area contributed by atoms with Crippen molar-refractivity contribution in [1.29, 1.82) is 0 Å². The maximum Gasteiger partial charge on any atom is 0.119 e. The number of halogens is 2. The first kappa shape index (κ1) is 16.0. The zero-order valence-electron chi connectivity index (χ0n) is 11.6. The summed E-state index contributed by atoms with van der Waals surface area (Å²) in [5.74, 6) is 0.678. The largest absolute Gasteiger partial charge is 0.491 e.